The molecule has 0 aromatic heterocycles. The fourth-order valence-corrected chi connectivity index (χ4v) is 2.59. The second-order valence-corrected chi connectivity index (χ2v) is 5.85. The highest BCUT2D eigenvalue weighted by atomic mass is 35.5. The number of hydrogen-bond donors (Lipinski definition) is 2. The Bertz CT molecular complexity index is 813. The van der Waals surface area contributed by atoms with Crippen LogP contribution in [0.2, 0.25) is 0 Å². The third kappa shape index (κ3) is 6.31. The van der Waals surface area contributed by atoms with Crippen LogP contribution in [0.5, 0.6) is 11.5 Å². The number of ether oxygens (including phenoxy) is 2. The van der Waals surface area contributed by atoms with E-state index in [1.807, 2.05) is 0 Å². The Labute approximate surface area is 167 Å². The molecule has 3 N–H and O–H groups in total. The Kier molecular flexibility index (Phi) is 8.59. The Morgan fingerprint density at radius 1 is 1.11 bits per heavy atom. The Balaban J connectivity index is 0.00000392. The largest absolute Gasteiger partial charge is 0.497 e. The molecule has 0 unspecified atom stereocenters. The van der Waals surface area contributed by atoms with Gasteiger partial charge in [0.15, 0.2) is 0 Å². The van der Waals surface area contributed by atoms with Crippen LogP contribution < -0.4 is 20.5 Å². The van der Waals surface area contributed by atoms with Crippen molar-refractivity contribution < 1.29 is 27.4 Å². The van der Waals surface area contributed by atoms with E-state index in [0.29, 0.717) is 17.9 Å². The van der Waals surface area contributed by atoms with E-state index < -0.39 is 17.6 Å². The van der Waals surface area contributed by atoms with Gasteiger partial charge in [0, 0.05) is 18.7 Å². The molecule has 28 heavy (non-hydrogen) atoms. The average molecular weight is 419 g/mol. The maximum absolute atomic E-state index is 13.0. The van der Waals surface area contributed by atoms with Crippen molar-refractivity contribution in [1.82, 2.24) is 0 Å². The number of nitrogens with one attached hydrogen (secondary N) is 1. The van der Waals surface area contributed by atoms with Crippen molar-refractivity contribution in [3.63, 3.8) is 0 Å². The number of hydrogen-bond acceptors (Lipinski definition) is 4. The fraction of sp³-hybridized carbons (Fsp3) is 0.316. The van der Waals surface area contributed by atoms with Crippen molar-refractivity contribution in [1.29, 1.82) is 0 Å². The van der Waals surface area contributed by atoms with E-state index in [2.05, 4.69) is 5.32 Å². The van der Waals surface area contributed by atoms with Crippen molar-refractivity contribution in [2.75, 3.05) is 19.5 Å². The Hall–Kier alpha value is -2.45. The zero-order valence-corrected chi connectivity index (χ0v) is 16.2. The molecule has 0 saturated carbocycles. The summed E-state index contributed by atoms with van der Waals surface area (Å²) in [6, 6.07) is 8.51. The number of carbonyl (C=O) groups excluding carboxylic acids is 1. The van der Waals surface area contributed by atoms with Gasteiger partial charge in [0.25, 0.3) is 0 Å². The predicted octanol–water partition coefficient (Wildman–Crippen LogP) is 4.17. The van der Waals surface area contributed by atoms with Gasteiger partial charge in [-0.2, -0.15) is 13.2 Å². The third-order valence-corrected chi connectivity index (χ3v) is 3.95. The maximum Gasteiger partial charge on any atom is 0.416 e. The molecule has 0 heterocycles. The van der Waals surface area contributed by atoms with Crippen molar-refractivity contribution in [2.45, 2.75) is 25.6 Å². The first-order chi connectivity index (χ1) is 12.8. The number of halogens is 4. The first kappa shape index (κ1) is 23.6. The number of amides is 1. The summed E-state index contributed by atoms with van der Waals surface area (Å²) in [4.78, 5) is 12.2. The predicted molar refractivity (Wildman–Crippen MR) is 103 cm³/mol. The van der Waals surface area contributed by atoms with Gasteiger partial charge in [0.2, 0.25) is 5.91 Å². The zero-order valence-electron chi connectivity index (χ0n) is 15.4. The normalized spacial score (nSPS) is 10.8. The maximum atomic E-state index is 13.0. The number of rotatable bonds is 7. The van der Waals surface area contributed by atoms with E-state index in [1.165, 1.54) is 20.3 Å². The zero-order chi connectivity index (χ0) is 20.0. The first-order valence-electron chi connectivity index (χ1n) is 8.18. The molecule has 0 aliphatic rings. The molecule has 0 aliphatic heterocycles. The standard InChI is InChI=1S/C19H21F3N2O3.ClH/c1-26-16-4-5-17(27-2)13(9-16)3-6-18(25)24-15-8-12(11-23)7-14(10-15)19(20,21)22;/h4-5,7-10H,3,6,11,23H2,1-2H3,(H,24,25);1H. The van der Waals surface area contributed by atoms with E-state index in [1.54, 1.807) is 18.2 Å². The molecule has 0 radical (unpaired) electrons. The SMILES string of the molecule is COc1ccc(OC)c(CCC(=O)Nc2cc(CN)cc(C(F)(F)F)c2)c1.Cl. The number of nitrogens with two attached hydrogens (primary N) is 1. The topological polar surface area (TPSA) is 73.6 Å². The highest BCUT2D eigenvalue weighted by Gasteiger charge is 2.31. The quantitative estimate of drug-likeness (QED) is 0.707. The molecule has 0 bridgehead atoms. The lowest BCUT2D eigenvalue weighted by Gasteiger charge is -2.13. The lowest BCUT2D eigenvalue weighted by molar-refractivity contribution is -0.137. The smallest absolute Gasteiger partial charge is 0.416 e. The molecule has 0 aliphatic carbocycles. The van der Waals surface area contributed by atoms with E-state index in [0.717, 1.165) is 17.7 Å². The van der Waals surface area contributed by atoms with E-state index in [9.17, 15) is 18.0 Å². The summed E-state index contributed by atoms with van der Waals surface area (Å²) in [7, 11) is 3.04. The van der Waals surface area contributed by atoms with Crippen LogP contribution in [0.25, 0.3) is 0 Å². The van der Waals surface area contributed by atoms with Gasteiger partial charge in [-0.25, -0.2) is 0 Å². The summed E-state index contributed by atoms with van der Waals surface area (Å²) in [6.45, 7) is -0.0617. The summed E-state index contributed by atoms with van der Waals surface area (Å²) >= 11 is 0. The van der Waals surface area contributed by atoms with Crippen molar-refractivity contribution in [2.24, 2.45) is 5.73 Å². The lowest BCUT2D eigenvalue weighted by Crippen LogP contribution is -2.15. The van der Waals surface area contributed by atoms with Gasteiger partial charge in [0.1, 0.15) is 11.5 Å². The first-order valence-corrected chi connectivity index (χ1v) is 8.18. The summed E-state index contributed by atoms with van der Waals surface area (Å²) in [5.74, 6) is 0.812. The number of anilines is 1. The highest BCUT2D eigenvalue weighted by molar-refractivity contribution is 5.91. The van der Waals surface area contributed by atoms with Crippen LogP contribution in [-0.4, -0.2) is 20.1 Å². The molecule has 0 fully saturated rings. The minimum absolute atomic E-state index is 0. The van der Waals surface area contributed by atoms with Crippen LogP contribution in [0.4, 0.5) is 18.9 Å². The van der Waals surface area contributed by atoms with Crippen molar-refractivity contribution >= 4 is 24.0 Å². The van der Waals surface area contributed by atoms with Gasteiger partial charge in [0.05, 0.1) is 19.8 Å². The van der Waals surface area contributed by atoms with Crippen LogP contribution in [0.1, 0.15) is 23.1 Å². The van der Waals surface area contributed by atoms with Crippen LogP contribution in [0, 0.1) is 0 Å². The third-order valence-electron chi connectivity index (χ3n) is 3.95. The number of alkyl halides is 3. The summed E-state index contributed by atoms with van der Waals surface area (Å²) in [5.41, 5.74) is 5.71. The lowest BCUT2D eigenvalue weighted by atomic mass is 10.1. The molecule has 1 amide bonds. The minimum Gasteiger partial charge on any atom is -0.497 e. The fourth-order valence-electron chi connectivity index (χ4n) is 2.59. The van der Waals surface area contributed by atoms with E-state index in [4.69, 9.17) is 15.2 Å². The van der Waals surface area contributed by atoms with E-state index in [-0.39, 0.29) is 36.6 Å². The molecular formula is C19H22ClF3N2O3. The van der Waals surface area contributed by atoms with Crippen molar-refractivity contribution in [3.05, 3.63) is 53.1 Å². The monoisotopic (exact) mass is 418 g/mol. The Morgan fingerprint density at radius 3 is 2.39 bits per heavy atom. The van der Waals surface area contributed by atoms with Gasteiger partial charge in [-0.05, 0) is 53.9 Å². The molecule has 2 rings (SSSR count). The second kappa shape index (κ2) is 10.2. The molecule has 9 heteroatoms. The number of methoxy groups -OCH3 is 2. The van der Waals surface area contributed by atoms with Crippen LogP contribution in [0.3, 0.4) is 0 Å². The molecule has 2 aromatic carbocycles. The van der Waals surface area contributed by atoms with Gasteiger partial charge in [-0.15, -0.1) is 12.4 Å². The molecule has 154 valence electrons. The summed E-state index contributed by atoms with van der Waals surface area (Å²) < 4.78 is 49.3. The Morgan fingerprint density at radius 2 is 1.82 bits per heavy atom. The van der Waals surface area contributed by atoms with E-state index >= 15 is 0 Å². The molecule has 0 atom stereocenters. The van der Waals surface area contributed by atoms with Crippen LogP contribution in [0.15, 0.2) is 36.4 Å². The highest BCUT2D eigenvalue weighted by Crippen LogP contribution is 2.32. The van der Waals surface area contributed by atoms with Crippen LogP contribution in [-0.2, 0) is 23.9 Å². The molecule has 2 aromatic rings. The van der Waals surface area contributed by atoms with Gasteiger partial charge < -0.3 is 20.5 Å². The average Bonchev–Trinajstić information content (AvgIpc) is 2.65. The number of benzene rings is 2. The molecule has 0 spiro atoms. The van der Waals surface area contributed by atoms with Crippen molar-refractivity contribution in [3.8, 4) is 11.5 Å². The second-order valence-electron chi connectivity index (χ2n) is 5.85. The van der Waals surface area contributed by atoms with Gasteiger partial charge >= 0.3 is 6.18 Å². The number of aryl methyl sites for hydroxylation is 1. The summed E-state index contributed by atoms with van der Waals surface area (Å²) in [6.07, 6.45) is -4.11. The van der Waals surface area contributed by atoms with Gasteiger partial charge in [-0.1, -0.05) is 0 Å². The van der Waals surface area contributed by atoms with Gasteiger partial charge in [-0.3, -0.25) is 4.79 Å². The minimum atomic E-state index is -4.52. The molecular weight excluding hydrogens is 397 g/mol. The number of carbonyl (C=O) groups is 1. The van der Waals surface area contributed by atoms with Crippen LogP contribution >= 0.6 is 12.4 Å². The summed E-state index contributed by atoms with van der Waals surface area (Å²) in [5, 5.41) is 2.50. The molecule has 5 nitrogen and oxygen atoms in total. The molecule has 0 saturated heterocycles.